The zero-order valence-electron chi connectivity index (χ0n) is 6.15. The maximum Gasteiger partial charge on any atom is 0.320 e. The molecule has 66 valence electrons. The molecule has 0 saturated heterocycles. The van der Waals surface area contributed by atoms with Gasteiger partial charge in [0.15, 0.2) is 0 Å². The van der Waals surface area contributed by atoms with E-state index in [4.69, 9.17) is 10.8 Å². The minimum Gasteiger partial charge on any atom is -0.480 e. The summed E-state index contributed by atoms with van der Waals surface area (Å²) in [5.41, 5.74) is 5.19. The summed E-state index contributed by atoms with van der Waals surface area (Å²) in [7, 11) is 0. The van der Waals surface area contributed by atoms with Crippen LogP contribution in [-0.4, -0.2) is 63.3 Å². The van der Waals surface area contributed by atoms with E-state index in [1.165, 1.54) is 0 Å². The Labute approximate surface area is 91.8 Å². The fourth-order valence-electron chi connectivity index (χ4n) is 0.368. The summed E-state index contributed by atoms with van der Waals surface area (Å²) in [6, 6.07) is -0.683. The molecular weight excluding hydrogens is 296 g/mol. The molecular formula is C5H11NO2SSe2. The Morgan fingerprint density at radius 1 is 1.64 bits per heavy atom. The summed E-state index contributed by atoms with van der Waals surface area (Å²) in [4.78, 5) is 10.1. The summed E-state index contributed by atoms with van der Waals surface area (Å²) in [5, 5.41) is 8.27. The molecule has 3 nitrogen and oxygen atoms in total. The van der Waals surface area contributed by atoms with E-state index < -0.39 is 12.0 Å². The summed E-state index contributed by atoms with van der Waals surface area (Å²) < 4.78 is 0. The number of carboxylic acids is 1. The second kappa shape index (κ2) is 10.8. The third-order valence-corrected chi connectivity index (χ3v) is 1.59. The van der Waals surface area contributed by atoms with E-state index in [-0.39, 0.29) is 34.1 Å². The van der Waals surface area contributed by atoms with Gasteiger partial charge in [0.2, 0.25) is 0 Å². The second-order valence-corrected chi connectivity index (χ2v) is 2.71. The van der Waals surface area contributed by atoms with Gasteiger partial charge < -0.3 is 10.8 Å². The summed E-state index contributed by atoms with van der Waals surface area (Å²) >= 11 is 1.60. The molecule has 0 aliphatic heterocycles. The van der Waals surface area contributed by atoms with E-state index in [0.29, 0.717) is 6.42 Å². The van der Waals surface area contributed by atoms with Crippen molar-refractivity contribution in [2.24, 2.45) is 5.73 Å². The quantitative estimate of drug-likeness (QED) is 0.680. The molecule has 0 fully saturated rings. The first-order valence-corrected chi connectivity index (χ1v) is 4.05. The van der Waals surface area contributed by atoms with Crippen LogP contribution >= 0.6 is 11.8 Å². The topological polar surface area (TPSA) is 63.3 Å². The molecule has 0 saturated carbocycles. The van der Waals surface area contributed by atoms with E-state index in [2.05, 4.69) is 0 Å². The van der Waals surface area contributed by atoms with Gasteiger partial charge in [-0.05, 0) is 18.4 Å². The molecule has 1 atom stereocenters. The predicted molar refractivity (Wildman–Crippen MR) is 50.1 cm³/mol. The number of hydrogen-bond acceptors (Lipinski definition) is 3. The van der Waals surface area contributed by atoms with Gasteiger partial charge in [0, 0.05) is 34.1 Å². The molecule has 0 aromatic heterocycles. The van der Waals surface area contributed by atoms with Crippen LogP contribution in [0.25, 0.3) is 0 Å². The molecule has 6 heteroatoms. The van der Waals surface area contributed by atoms with E-state index >= 15 is 0 Å². The van der Waals surface area contributed by atoms with E-state index in [1.54, 1.807) is 11.8 Å². The van der Waals surface area contributed by atoms with Crippen LogP contribution < -0.4 is 5.73 Å². The molecule has 0 bridgehead atoms. The molecule has 3 N–H and O–H groups in total. The van der Waals surface area contributed by atoms with Gasteiger partial charge in [-0.3, -0.25) is 4.79 Å². The van der Waals surface area contributed by atoms with Gasteiger partial charge in [-0.2, -0.15) is 11.8 Å². The van der Waals surface area contributed by atoms with Gasteiger partial charge in [0.1, 0.15) is 6.04 Å². The summed E-state index contributed by atoms with van der Waals surface area (Å²) in [5.74, 6) is -0.1000. The van der Waals surface area contributed by atoms with Crippen LogP contribution in [0.1, 0.15) is 6.42 Å². The minimum absolute atomic E-state index is 0. The number of carbonyl (C=O) groups is 1. The van der Waals surface area contributed by atoms with Crippen LogP contribution in [0.4, 0.5) is 0 Å². The smallest absolute Gasteiger partial charge is 0.320 e. The number of hydrogen-bond donors (Lipinski definition) is 2. The summed E-state index contributed by atoms with van der Waals surface area (Å²) in [6.45, 7) is 0. The van der Waals surface area contributed by atoms with Gasteiger partial charge in [0.05, 0.1) is 0 Å². The first-order valence-electron chi connectivity index (χ1n) is 2.65. The molecule has 0 spiro atoms. The van der Waals surface area contributed by atoms with Gasteiger partial charge in [0.25, 0.3) is 0 Å². The molecule has 0 heterocycles. The van der Waals surface area contributed by atoms with Gasteiger partial charge in [-0.25, -0.2) is 0 Å². The van der Waals surface area contributed by atoms with E-state index in [1.807, 2.05) is 6.26 Å². The van der Waals surface area contributed by atoms with Crippen molar-refractivity contribution in [2.75, 3.05) is 12.0 Å². The minimum atomic E-state index is -0.913. The van der Waals surface area contributed by atoms with Crippen LogP contribution in [0.3, 0.4) is 0 Å². The zero-order valence-corrected chi connectivity index (χ0v) is 10.4. The fraction of sp³-hybridized carbons (Fsp3) is 0.800. The molecule has 0 rings (SSSR count). The molecule has 0 aliphatic carbocycles. The molecule has 4 radical (unpaired) electrons. The zero-order chi connectivity index (χ0) is 7.28. The van der Waals surface area contributed by atoms with Gasteiger partial charge >= 0.3 is 5.97 Å². The van der Waals surface area contributed by atoms with Crippen molar-refractivity contribution in [1.82, 2.24) is 0 Å². The van der Waals surface area contributed by atoms with Crippen LogP contribution in [0.2, 0.25) is 0 Å². The van der Waals surface area contributed by atoms with Crippen LogP contribution in [0.15, 0.2) is 0 Å². The van der Waals surface area contributed by atoms with Crippen molar-refractivity contribution in [2.45, 2.75) is 12.5 Å². The first kappa shape index (κ1) is 17.8. The SMILES string of the molecule is CSCC[C@H](N)C(=O)O.[Se].[Se]. The first-order chi connectivity index (χ1) is 4.18. The Hall–Kier alpha value is 0.819. The normalized spacial score (nSPS) is 10.7. The Bertz CT molecular complexity index is 104. The molecule has 0 amide bonds. The van der Waals surface area contributed by atoms with Crippen molar-refractivity contribution in [3.8, 4) is 0 Å². The standard InChI is InChI=1S/C5H11NO2S.2Se/c1-9-3-2-4(6)5(7)8;;/h4H,2-3,6H2,1H3,(H,7,8);;/t4-;;/m0../s1. The maximum atomic E-state index is 10.1. The molecule has 0 aromatic carbocycles. The number of aliphatic carboxylic acids is 1. The monoisotopic (exact) mass is 309 g/mol. The molecule has 0 unspecified atom stereocenters. The average molecular weight is 307 g/mol. The maximum absolute atomic E-state index is 10.1. The molecule has 0 aliphatic rings. The Balaban J connectivity index is -0.000000320. The van der Waals surface area contributed by atoms with Crippen molar-refractivity contribution in [3.05, 3.63) is 0 Å². The molecule has 11 heavy (non-hydrogen) atoms. The van der Waals surface area contributed by atoms with Gasteiger partial charge in [-0.15, -0.1) is 0 Å². The van der Waals surface area contributed by atoms with Crippen molar-refractivity contribution >= 4 is 51.9 Å². The van der Waals surface area contributed by atoms with Crippen molar-refractivity contribution < 1.29 is 9.90 Å². The van der Waals surface area contributed by atoms with Crippen LogP contribution in [0, 0.1) is 0 Å². The van der Waals surface area contributed by atoms with E-state index in [9.17, 15) is 4.79 Å². The third-order valence-electron chi connectivity index (χ3n) is 0.950. The fourth-order valence-corrected chi connectivity index (χ4v) is 0.858. The van der Waals surface area contributed by atoms with Crippen LogP contribution in [-0.2, 0) is 4.79 Å². The summed E-state index contributed by atoms with van der Waals surface area (Å²) in [6.07, 6.45) is 2.48. The number of carboxylic acid groups (broad SMARTS) is 1. The van der Waals surface area contributed by atoms with Crippen molar-refractivity contribution in [1.29, 1.82) is 0 Å². The van der Waals surface area contributed by atoms with Gasteiger partial charge in [-0.1, -0.05) is 0 Å². The Morgan fingerprint density at radius 2 is 2.09 bits per heavy atom. The van der Waals surface area contributed by atoms with Crippen molar-refractivity contribution in [3.63, 3.8) is 0 Å². The Kier molecular flexibility index (Phi) is 17.5. The second-order valence-electron chi connectivity index (χ2n) is 1.73. The Morgan fingerprint density at radius 3 is 2.36 bits per heavy atom. The largest absolute Gasteiger partial charge is 0.480 e. The number of nitrogens with two attached hydrogens (primary N) is 1. The van der Waals surface area contributed by atoms with Crippen LogP contribution in [0.5, 0.6) is 0 Å². The number of thioether (sulfide) groups is 1. The predicted octanol–water partition coefficient (Wildman–Crippen LogP) is -0.610. The number of rotatable bonds is 4. The average Bonchev–Trinajstić information content (AvgIpc) is 1.82. The molecule has 0 aromatic rings. The third kappa shape index (κ3) is 10.8. The van der Waals surface area contributed by atoms with E-state index in [0.717, 1.165) is 5.75 Å².